The molecule has 1 aromatic carbocycles. The van der Waals surface area contributed by atoms with E-state index in [1.165, 1.54) is 23.4 Å². The number of rotatable bonds is 5. The highest BCUT2D eigenvalue weighted by Gasteiger charge is 2.39. The number of benzene rings is 1. The van der Waals surface area contributed by atoms with Gasteiger partial charge in [0.05, 0.1) is 0 Å². The number of aromatic nitrogens is 1. The molecule has 1 heterocycles. The van der Waals surface area contributed by atoms with E-state index in [0.29, 0.717) is 6.54 Å². The van der Waals surface area contributed by atoms with Crippen molar-refractivity contribution in [3.8, 4) is 0 Å². The normalized spacial score (nSPS) is 16.6. The number of nitrogens with one attached hydrogen (secondary N) is 3. The third-order valence-electron chi connectivity index (χ3n) is 5.25. The Morgan fingerprint density at radius 1 is 1.20 bits per heavy atom. The Labute approximate surface area is 148 Å². The van der Waals surface area contributed by atoms with Crippen LogP contribution in [0.25, 0.3) is 10.9 Å². The summed E-state index contributed by atoms with van der Waals surface area (Å²) in [7, 11) is 0. The van der Waals surface area contributed by atoms with Crippen LogP contribution in [0.2, 0.25) is 0 Å². The average Bonchev–Trinajstić information content (AvgIpc) is 3.00. The monoisotopic (exact) mass is 341 g/mol. The van der Waals surface area contributed by atoms with Crippen LogP contribution in [0.4, 0.5) is 0 Å². The standard InChI is InChI=1S/C20H27N3O2/c1-14-7-6-8-17-16(13-22-18(14)17)9-12-21-19(25)20(23-15(2)24)10-4-3-5-11-20/h6-8,13,22H,3-5,9-12H2,1-2H3,(H,21,25)(H,23,24). The van der Waals surface area contributed by atoms with Crippen LogP contribution < -0.4 is 10.6 Å². The van der Waals surface area contributed by atoms with Gasteiger partial charge in [0.2, 0.25) is 11.8 Å². The molecule has 0 radical (unpaired) electrons. The largest absolute Gasteiger partial charge is 0.361 e. The van der Waals surface area contributed by atoms with Gasteiger partial charge in [-0.25, -0.2) is 0 Å². The Balaban J connectivity index is 1.64. The molecule has 1 aromatic heterocycles. The lowest BCUT2D eigenvalue weighted by atomic mass is 9.80. The van der Waals surface area contributed by atoms with Crippen molar-refractivity contribution >= 4 is 22.7 Å². The molecule has 1 fully saturated rings. The molecule has 0 spiro atoms. The number of carbonyl (C=O) groups is 2. The van der Waals surface area contributed by atoms with Gasteiger partial charge in [-0.2, -0.15) is 0 Å². The fourth-order valence-electron chi connectivity index (χ4n) is 3.95. The maximum absolute atomic E-state index is 12.8. The van der Waals surface area contributed by atoms with Crippen LogP contribution in [0, 0.1) is 6.92 Å². The number of aromatic amines is 1. The first-order valence-corrected chi connectivity index (χ1v) is 9.14. The average molecular weight is 341 g/mol. The maximum Gasteiger partial charge on any atom is 0.245 e. The summed E-state index contributed by atoms with van der Waals surface area (Å²) in [6.45, 7) is 4.14. The number of hydrogen-bond acceptors (Lipinski definition) is 2. The second kappa shape index (κ2) is 7.30. The van der Waals surface area contributed by atoms with E-state index in [4.69, 9.17) is 0 Å². The summed E-state index contributed by atoms with van der Waals surface area (Å²) < 4.78 is 0. The Kier molecular flexibility index (Phi) is 5.11. The van der Waals surface area contributed by atoms with Crippen LogP contribution in [0.3, 0.4) is 0 Å². The summed E-state index contributed by atoms with van der Waals surface area (Å²) in [4.78, 5) is 27.7. The Morgan fingerprint density at radius 2 is 1.96 bits per heavy atom. The third-order valence-corrected chi connectivity index (χ3v) is 5.25. The van der Waals surface area contributed by atoms with Crippen molar-refractivity contribution in [1.29, 1.82) is 0 Å². The van der Waals surface area contributed by atoms with Gasteiger partial charge in [-0.3, -0.25) is 9.59 Å². The highest BCUT2D eigenvalue weighted by Crippen LogP contribution is 2.28. The number of fused-ring (bicyclic) bond motifs is 1. The summed E-state index contributed by atoms with van der Waals surface area (Å²) >= 11 is 0. The van der Waals surface area contributed by atoms with E-state index in [9.17, 15) is 9.59 Å². The summed E-state index contributed by atoms with van der Waals surface area (Å²) in [5.41, 5.74) is 2.86. The van der Waals surface area contributed by atoms with Gasteiger partial charge in [0.15, 0.2) is 0 Å². The number of para-hydroxylation sites is 1. The van der Waals surface area contributed by atoms with Crippen LogP contribution in [0.5, 0.6) is 0 Å². The van der Waals surface area contributed by atoms with E-state index in [1.807, 2.05) is 6.20 Å². The molecule has 0 unspecified atom stereocenters. The predicted molar refractivity (Wildman–Crippen MR) is 99.4 cm³/mol. The second-order valence-electron chi connectivity index (χ2n) is 7.14. The van der Waals surface area contributed by atoms with Gasteiger partial charge in [-0.05, 0) is 37.3 Å². The van der Waals surface area contributed by atoms with Gasteiger partial charge < -0.3 is 15.6 Å². The molecule has 3 N–H and O–H groups in total. The number of hydrogen-bond donors (Lipinski definition) is 3. The number of H-pyrrole nitrogens is 1. The zero-order valence-corrected chi connectivity index (χ0v) is 15.1. The zero-order chi connectivity index (χ0) is 17.9. The molecule has 5 heteroatoms. The predicted octanol–water partition coefficient (Wildman–Crippen LogP) is 2.97. The molecule has 0 saturated heterocycles. The minimum atomic E-state index is -0.721. The van der Waals surface area contributed by atoms with Crippen molar-refractivity contribution < 1.29 is 9.59 Å². The molecule has 2 amide bonds. The van der Waals surface area contributed by atoms with E-state index >= 15 is 0 Å². The van der Waals surface area contributed by atoms with E-state index in [1.54, 1.807) is 0 Å². The summed E-state index contributed by atoms with van der Waals surface area (Å²) in [5.74, 6) is -0.178. The molecule has 3 rings (SSSR count). The van der Waals surface area contributed by atoms with E-state index in [-0.39, 0.29) is 11.8 Å². The summed E-state index contributed by atoms with van der Waals surface area (Å²) in [5, 5.41) is 7.18. The quantitative estimate of drug-likeness (QED) is 0.782. The molecule has 1 aliphatic carbocycles. The van der Waals surface area contributed by atoms with Crippen molar-refractivity contribution in [3.05, 3.63) is 35.5 Å². The lowest BCUT2D eigenvalue weighted by molar-refractivity contribution is -0.134. The molecule has 0 atom stereocenters. The van der Waals surface area contributed by atoms with Crippen molar-refractivity contribution in [1.82, 2.24) is 15.6 Å². The Hall–Kier alpha value is -2.30. The van der Waals surface area contributed by atoms with Gasteiger partial charge in [-0.1, -0.05) is 37.5 Å². The Morgan fingerprint density at radius 3 is 2.68 bits per heavy atom. The summed E-state index contributed by atoms with van der Waals surface area (Å²) in [6, 6.07) is 6.25. The number of aryl methyl sites for hydroxylation is 1. The zero-order valence-electron chi connectivity index (χ0n) is 15.1. The highest BCUT2D eigenvalue weighted by molar-refractivity contribution is 5.91. The fraction of sp³-hybridized carbons (Fsp3) is 0.500. The van der Waals surface area contributed by atoms with Gasteiger partial charge in [-0.15, -0.1) is 0 Å². The lowest BCUT2D eigenvalue weighted by Crippen LogP contribution is -2.59. The molecule has 25 heavy (non-hydrogen) atoms. The lowest BCUT2D eigenvalue weighted by Gasteiger charge is -2.36. The van der Waals surface area contributed by atoms with E-state index in [0.717, 1.165) is 44.0 Å². The van der Waals surface area contributed by atoms with Gasteiger partial charge >= 0.3 is 0 Å². The molecule has 1 saturated carbocycles. The molecule has 5 nitrogen and oxygen atoms in total. The van der Waals surface area contributed by atoms with E-state index < -0.39 is 5.54 Å². The number of amides is 2. The smallest absolute Gasteiger partial charge is 0.245 e. The molecule has 2 aromatic rings. The second-order valence-corrected chi connectivity index (χ2v) is 7.14. The van der Waals surface area contributed by atoms with Crippen LogP contribution in [-0.2, 0) is 16.0 Å². The first kappa shape index (κ1) is 17.5. The van der Waals surface area contributed by atoms with E-state index in [2.05, 4.69) is 40.7 Å². The van der Waals surface area contributed by atoms with Crippen molar-refractivity contribution in [2.45, 2.75) is 57.9 Å². The third kappa shape index (κ3) is 3.70. The van der Waals surface area contributed by atoms with Gasteiger partial charge in [0.25, 0.3) is 0 Å². The molecule has 0 aliphatic heterocycles. The fourth-order valence-corrected chi connectivity index (χ4v) is 3.95. The molecule has 134 valence electrons. The Bertz CT molecular complexity index is 772. The summed E-state index contributed by atoms with van der Waals surface area (Å²) in [6.07, 6.45) is 7.34. The minimum absolute atomic E-state index is 0.0431. The first-order valence-electron chi connectivity index (χ1n) is 9.14. The van der Waals surface area contributed by atoms with Crippen molar-refractivity contribution in [3.63, 3.8) is 0 Å². The number of carbonyl (C=O) groups excluding carboxylic acids is 2. The van der Waals surface area contributed by atoms with Crippen molar-refractivity contribution in [2.75, 3.05) is 6.54 Å². The SMILES string of the molecule is CC(=O)NC1(C(=O)NCCc2c[nH]c3c(C)cccc23)CCCCC1. The van der Waals surface area contributed by atoms with Crippen molar-refractivity contribution in [2.24, 2.45) is 0 Å². The molecule has 1 aliphatic rings. The van der Waals surface area contributed by atoms with Gasteiger partial charge in [0, 0.05) is 30.6 Å². The van der Waals surface area contributed by atoms with Crippen LogP contribution in [-0.4, -0.2) is 28.9 Å². The van der Waals surface area contributed by atoms with Crippen LogP contribution >= 0.6 is 0 Å². The van der Waals surface area contributed by atoms with Crippen LogP contribution in [0.1, 0.15) is 50.2 Å². The molecular weight excluding hydrogens is 314 g/mol. The molecule has 0 bridgehead atoms. The topological polar surface area (TPSA) is 74.0 Å². The molecular formula is C20H27N3O2. The van der Waals surface area contributed by atoms with Gasteiger partial charge in [0.1, 0.15) is 5.54 Å². The minimum Gasteiger partial charge on any atom is -0.361 e. The first-order chi connectivity index (χ1) is 12.0. The maximum atomic E-state index is 12.8. The highest BCUT2D eigenvalue weighted by atomic mass is 16.2. The van der Waals surface area contributed by atoms with Crippen LogP contribution in [0.15, 0.2) is 24.4 Å².